The Morgan fingerprint density at radius 3 is 2.40 bits per heavy atom. The summed E-state index contributed by atoms with van der Waals surface area (Å²) in [6.07, 6.45) is -14.4. The molecule has 2 aliphatic heterocycles. The number of carbonyl (C=O) groups excluding carboxylic acids is 1. The van der Waals surface area contributed by atoms with E-state index < -0.39 is 84.7 Å². The highest BCUT2D eigenvalue weighted by molar-refractivity contribution is 5.73. The molecule has 1 aromatic carbocycles. The van der Waals surface area contributed by atoms with Gasteiger partial charge in [0.2, 0.25) is 12.2 Å². The van der Waals surface area contributed by atoms with Crippen LogP contribution in [-0.4, -0.2) is 120 Å². The average Bonchev–Trinajstić information content (AvgIpc) is 2.82. The van der Waals surface area contributed by atoms with Gasteiger partial charge in [0.15, 0.2) is 0 Å². The number of benzene rings is 1. The van der Waals surface area contributed by atoms with Gasteiger partial charge in [-0.05, 0) is 12.1 Å². The third kappa shape index (κ3) is 5.37. The maximum atomic E-state index is 11.7. The maximum absolute atomic E-state index is 11.7. The van der Waals surface area contributed by atoms with Crippen LogP contribution in [0.25, 0.3) is 0 Å². The van der Waals surface area contributed by atoms with Gasteiger partial charge in [-0.2, -0.15) is 0 Å². The van der Waals surface area contributed by atoms with E-state index in [9.17, 15) is 50.7 Å². The molecule has 8 N–H and O–H groups in total. The van der Waals surface area contributed by atoms with Gasteiger partial charge in [0.1, 0.15) is 60.1 Å². The number of aliphatic hydroxyl groups excluding tert-OH is 6. The number of non-ortho nitro benzene ring substituents is 1. The zero-order valence-corrected chi connectivity index (χ0v) is 18.4. The van der Waals surface area contributed by atoms with E-state index in [-0.39, 0.29) is 11.4 Å². The monoisotopic (exact) mass is 504 g/mol. The van der Waals surface area contributed by atoms with Crippen molar-refractivity contribution in [3.05, 3.63) is 34.4 Å². The van der Waals surface area contributed by atoms with Gasteiger partial charge in [-0.25, -0.2) is 0 Å². The second-order valence-electron chi connectivity index (χ2n) is 8.45. The molecule has 0 radical (unpaired) electrons. The molecule has 0 bridgehead atoms. The van der Waals surface area contributed by atoms with Crippen molar-refractivity contribution in [3.8, 4) is 5.75 Å². The zero-order chi connectivity index (χ0) is 26.1. The Balaban J connectivity index is 1.87. The topological polar surface area (TPSA) is 242 Å². The van der Waals surface area contributed by atoms with Crippen LogP contribution in [0, 0.1) is 10.1 Å². The summed E-state index contributed by atoms with van der Waals surface area (Å²) in [5.41, 5.74) is -2.84. The first-order valence-electron chi connectivity index (χ1n) is 10.6. The number of nitrogens with zero attached hydrogens (tertiary/aromatic N) is 1. The van der Waals surface area contributed by atoms with Crippen molar-refractivity contribution in [2.45, 2.75) is 67.6 Å². The fraction of sp³-hybridized carbons (Fsp3) is 0.650. The van der Waals surface area contributed by atoms with E-state index in [1.165, 1.54) is 12.1 Å². The summed E-state index contributed by atoms with van der Waals surface area (Å²) < 4.78 is 16.3. The number of nitro groups is 1. The number of nitro benzene ring substituents is 1. The highest BCUT2D eigenvalue weighted by Crippen LogP contribution is 2.34. The summed E-state index contributed by atoms with van der Waals surface area (Å²) in [7, 11) is 0. The molecule has 1 aromatic rings. The molecule has 0 saturated carbocycles. The molecule has 15 nitrogen and oxygen atoms in total. The van der Waals surface area contributed by atoms with Crippen LogP contribution in [0.3, 0.4) is 0 Å². The van der Waals surface area contributed by atoms with Gasteiger partial charge in [0.05, 0.1) is 18.1 Å². The van der Waals surface area contributed by atoms with Gasteiger partial charge in [-0.15, -0.1) is 0 Å². The minimum Gasteiger partial charge on any atom is -0.463 e. The lowest BCUT2D eigenvalue weighted by molar-refractivity contribution is -0.384. The van der Waals surface area contributed by atoms with Crippen molar-refractivity contribution in [1.82, 2.24) is 5.32 Å². The normalized spacial score (nSPS) is 38.4. The summed E-state index contributed by atoms with van der Waals surface area (Å²) in [5, 5.41) is 86.0. The Kier molecular flexibility index (Phi) is 8.25. The van der Waals surface area contributed by atoms with Gasteiger partial charge >= 0.3 is 0 Å². The largest absolute Gasteiger partial charge is 0.463 e. The molecule has 0 aliphatic carbocycles. The standard InChI is InChI=1S/C20H28N2O13/c1-8(24)21-12-14(26)15(27)16(18(29)20(30)7-33-11(6-23)13(25)17(20)28)35-19(12)34-10-4-2-9(3-5-10)22(31)32/h2-5,11-19,23,25-30H,6-7H2,1H3,(H,21,24)/t11-,12+,13+,14-,15+,16+,17+,18?,19+,20-/m1/s1. The fourth-order valence-corrected chi connectivity index (χ4v) is 4.05. The van der Waals surface area contributed by atoms with Gasteiger partial charge in [-0.1, -0.05) is 0 Å². The summed E-state index contributed by atoms with van der Waals surface area (Å²) in [6, 6.07) is 3.30. The van der Waals surface area contributed by atoms with Crippen molar-refractivity contribution in [1.29, 1.82) is 0 Å². The number of amides is 1. The highest BCUT2D eigenvalue weighted by Gasteiger charge is 2.59. The summed E-state index contributed by atoms with van der Waals surface area (Å²) in [4.78, 5) is 21.9. The maximum Gasteiger partial charge on any atom is 0.269 e. The predicted octanol–water partition coefficient (Wildman–Crippen LogP) is -3.87. The summed E-state index contributed by atoms with van der Waals surface area (Å²) in [5.74, 6) is -0.622. The van der Waals surface area contributed by atoms with Crippen molar-refractivity contribution in [3.63, 3.8) is 0 Å². The van der Waals surface area contributed by atoms with E-state index in [4.69, 9.17) is 14.2 Å². The summed E-state index contributed by atoms with van der Waals surface area (Å²) >= 11 is 0. The Hall–Kier alpha value is -2.47. The molecule has 1 amide bonds. The molecule has 3 rings (SSSR count). The first-order chi connectivity index (χ1) is 16.4. The fourth-order valence-electron chi connectivity index (χ4n) is 4.05. The molecule has 35 heavy (non-hydrogen) atoms. The summed E-state index contributed by atoms with van der Waals surface area (Å²) in [6.45, 7) is -0.334. The lowest BCUT2D eigenvalue weighted by atomic mass is 9.78. The van der Waals surface area contributed by atoms with Crippen molar-refractivity contribution >= 4 is 11.6 Å². The zero-order valence-electron chi connectivity index (χ0n) is 18.4. The molecule has 2 fully saturated rings. The minimum absolute atomic E-state index is 0.00809. The van der Waals surface area contributed by atoms with Crippen LogP contribution in [0.1, 0.15) is 6.92 Å². The number of ether oxygens (including phenoxy) is 3. The first-order valence-corrected chi connectivity index (χ1v) is 10.6. The van der Waals surface area contributed by atoms with Crippen molar-refractivity contribution < 1.29 is 59.7 Å². The molecule has 0 aromatic heterocycles. The molecule has 1 unspecified atom stereocenters. The second-order valence-corrected chi connectivity index (χ2v) is 8.45. The number of hydrogen-bond acceptors (Lipinski definition) is 13. The third-order valence-corrected chi connectivity index (χ3v) is 6.06. The van der Waals surface area contributed by atoms with Crippen LogP contribution in [-0.2, 0) is 14.3 Å². The third-order valence-electron chi connectivity index (χ3n) is 6.06. The van der Waals surface area contributed by atoms with Crippen LogP contribution in [0.2, 0.25) is 0 Å². The van der Waals surface area contributed by atoms with Crippen LogP contribution < -0.4 is 10.1 Å². The van der Waals surface area contributed by atoms with E-state index in [1.807, 2.05) is 0 Å². The van der Waals surface area contributed by atoms with Gasteiger partial charge in [0, 0.05) is 19.1 Å². The molecule has 15 heteroatoms. The van der Waals surface area contributed by atoms with Crippen LogP contribution in [0.15, 0.2) is 24.3 Å². The number of hydrogen-bond donors (Lipinski definition) is 8. The highest BCUT2D eigenvalue weighted by atomic mass is 16.7. The number of rotatable bonds is 7. The predicted molar refractivity (Wildman–Crippen MR) is 112 cm³/mol. The number of aliphatic hydroxyl groups is 7. The van der Waals surface area contributed by atoms with Gasteiger partial charge < -0.3 is 55.3 Å². The molecule has 196 valence electrons. The van der Waals surface area contributed by atoms with Crippen LogP contribution >= 0.6 is 0 Å². The van der Waals surface area contributed by atoms with E-state index in [0.29, 0.717) is 0 Å². The quantitative estimate of drug-likeness (QED) is 0.131. The molecule has 10 atom stereocenters. The lowest BCUT2D eigenvalue weighted by Gasteiger charge is -2.50. The molecular formula is C20H28N2O13. The van der Waals surface area contributed by atoms with E-state index in [1.54, 1.807) is 0 Å². The number of nitrogens with one attached hydrogen (secondary N) is 1. The molecule has 0 spiro atoms. The van der Waals surface area contributed by atoms with Gasteiger partial charge in [0.25, 0.3) is 5.69 Å². The second kappa shape index (κ2) is 10.7. The molecule has 2 heterocycles. The Morgan fingerprint density at radius 2 is 1.86 bits per heavy atom. The lowest BCUT2D eigenvalue weighted by Crippen LogP contribution is -2.73. The van der Waals surface area contributed by atoms with E-state index in [2.05, 4.69) is 5.32 Å². The SMILES string of the molecule is CC(=O)N[C@@H]1[C@@H](Oc2ccc([N+](=O)[O-])cc2)O[C@H](C(O)[C@@]2(O)CO[C@H](CO)[C@H](O)[C@@H]2O)[C@@H](O)[C@@H]1O. The minimum atomic E-state index is -2.60. The average molecular weight is 504 g/mol. The van der Waals surface area contributed by atoms with E-state index in [0.717, 1.165) is 19.1 Å². The van der Waals surface area contributed by atoms with Gasteiger partial charge in [-0.3, -0.25) is 14.9 Å². The Bertz CT molecular complexity index is 902. The Labute approximate surface area is 198 Å². The number of carbonyl (C=O) groups is 1. The smallest absolute Gasteiger partial charge is 0.269 e. The van der Waals surface area contributed by atoms with Crippen LogP contribution in [0.4, 0.5) is 5.69 Å². The van der Waals surface area contributed by atoms with Crippen LogP contribution in [0.5, 0.6) is 5.75 Å². The Morgan fingerprint density at radius 1 is 1.23 bits per heavy atom. The molecular weight excluding hydrogens is 476 g/mol. The van der Waals surface area contributed by atoms with Crippen molar-refractivity contribution in [2.24, 2.45) is 0 Å². The molecule has 2 aliphatic rings. The first kappa shape index (κ1) is 27.1. The van der Waals surface area contributed by atoms with Crippen molar-refractivity contribution in [2.75, 3.05) is 13.2 Å². The molecule has 2 saturated heterocycles. The van der Waals surface area contributed by atoms with E-state index >= 15 is 0 Å².